The number of nitrogens with zero attached hydrogens (tertiary/aromatic N) is 1. The zero-order chi connectivity index (χ0) is 9.14. The summed E-state index contributed by atoms with van der Waals surface area (Å²) in [7, 11) is 3.86. The molecule has 0 saturated carbocycles. The summed E-state index contributed by atoms with van der Waals surface area (Å²) in [5, 5.41) is 1.87. The Morgan fingerprint density at radius 1 is 1.33 bits per heavy atom. The second kappa shape index (κ2) is 3.45. The van der Waals surface area contributed by atoms with Gasteiger partial charge in [-0.25, -0.2) is 5.01 Å². The maximum absolute atomic E-state index is 5.84. The van der Waals surface area contributed by atoms with Crippen LogP contribution < -0.4 is 11.2 Å². The van der Waals surface area contributed by atoms with Gasteiger partial charge in [-0.2, -0.15) is 0 Å². The first-order valence-electron chi connectivity index (χ1n) is 3.90. The van der Waals surface area contributed by atoms with Gasteiger partial charge in [0.1, 0.15) is 0 Å². The molecular formula is C9H15N3. The van der Waals surface area contributed by atoms with Crippen molar-refractivity contribution in [1.29, 1.82) is 0 Å². The summed E-state index contributed by atoms with van der Waals surface area (Å²) in [6, 6.07) is 5.94. The van der Waals surface area contributed by atoms with Crippen molar-refractivity contribution in [1.82, 2.24) is 5.01 Å². The lowest BCUT2D eigenvalue weighted by molar-refractivity contribution is 0.496. The van der Waals surface area contributed by atoms with Crippen molar-refractivity contribution < 1.29 is 0 Å². The molecule has 3 N–H and O–H groups in total. The summed E-state index contributed by atoms with van der Waals surface area (Å²) in [5.41, 5.74) is 11.8. The number of hydrogen-bond donors (Lipinski definition) is 2. The maximum Gasteiger partial charge on any atom is 0.0722 e. The molecule has 66 valence electrons. The number of rotatable bonds is 2. The van der Waals surface area contributed by atoms with Crippen LogP contribution in [-0.4, -0.2) is 19.1 Å². The average Bonchev–Trinajstić information content (AvgIpc) is 1.98. The second-order valence-electron chi connectivity index (χ2n) is 3.04. The molecule has 0 aliphatic rings. The number of nitrogens with two attached hydrogens (primary N) is 1. The molecule has 1 aromatic rings. The minimum absolute atomic E-state index is 0.811. The SMILES string of the molecule is Cc1cccc(NN(C)C)c1N. The van der Waals surface area contributed by atoms with Crippen LogP contribution in [0.25, 0.3) is 0 Å². The van der Waals surface area contributed by atoms with Crippen LogP contribution in [0.2, 0.25) is 0 Å². The highest BCUT2D eigenvalue weighted by Crippen LogP contribution is 2.21. The number of nitrogen functional groups attached to an aromatic ring is 1. The number of para-hydroxylation sites is 1. The molecule has 0 fully saturated rings. The van der Waals surface area contributed by atoms with Gasteiger partial charge in [-0.05, 0) is 18.6 Å². The summed E-state index contributed by atoms with van der Waals surface area (Å²) < 4.78 is 0. The van der Waals surface area contributed by atoms with Crippen LogP contribution >= 0.6 is 0 Å². The maximum atomic E-state index is 5.84. The summed E-state index contributed by atoms with van der Waals surface area (Å²) in [5.74, 6) is 0. The fourth-order valence-electron chi connectivity index (χ4n) is 1.02. The van der Waals surface area contributed by atoms with Gasteiger partial charge in [0.2, 0.25) is 0 Å². The molecule has 0 amide bonds. The molecule has 0 saturated heterocycles. The molecule has 0 bridgehead atoms. The third kappa shape index (κ3) is 1.89. The molecule has 12 heavy (non-hydrogen) atoms. The van der Waals surface area contributed by atoms with Crippen molar-refractivity contribution in [3.05, 3.63) is 23.8 Å². The predicted octanol–water partition coefficient (Wildman–Crippen LogP) is 1.47. The monoisotopic (exact) mass is 165 g/mol. The van der Waals surface area contributed by atoms with Crippen LogP contribution in [0.15, 0.2) is 18.2 Å². The van der Waals surface area contributed by atoms with E-state index in [1.54, 1.807) is 0 Å². The average molecular weight is 165 g/mol. The lowest BCUT2D eigenvalue weighted by Gasteiger charge is -2.16. The molecule has 1 rings (SSSR count). The molecule has 3 nitrogen and oxygen atoms in total. The van der Waals surface area contributed by atoms with Gasteiger partial charge in [0.05, 0.1) is 11.4 Å². The zero-order valence-corrected chi connectivity index (χ0v) is 7.76. The van der Waals surface area contributed by atoms with Crippen LogP contribution in [0.3, 0.4) is 0 Å². The number of hydrogen-bond acceptors (Lipinski definition) is 3. The van der Waals surface area contributed by atoms with Crippen LogP contribution in [-0.2, 0) is 0 Å². The Labute approximate surface area is 73.1 Å². The molecule has 0 aromatic heterocycles. The number of nitrogens with one attached hydrogen (secondary N) is 1. The standard InChI is InChI=1S/C9H15N3/c1-7-5-4-6-8(9(7)10)11-12(2)3/h4-6,11H,10H2,1-3H3. The highest BCUT2D eigenvalue weighted by molar-refractivity contribution is 5.68. The van der Waals surface area contributed by atoms with Crippen LogP contribution in [0.4, 0.5) is 11.4 Å². The fraction of sp³-hybridized carbons (Fsp3) is 0.333. The molecule has 0 atom stereocenters. The molecule has 0 spiro atoms. The third-order valence-corrected chi connectivity index (χ3v) is 1.67. The van der Waals surface area contributed by atoms with Crippen molar-refractivity contribution in [2.24, 2.45) is 0 Å². The minimum atomic E-state index is 0.811. The Morgan fingerprint density at radius 2 is 2.00 bits per heavy atom. The van der Waals surface area contributed by atoms with E-state index in [1.807, 2.05) is 44.2 Å². The summed E-state index contributed by atoms with van der Waals surface area (Å²) in [4.78, 5) is 0. The molecule has 0 unspecified atom stereocenters. The highest BCUT2D eigenvalue weighted by atomic mass is 15.5. The lowest BCUT2D eigenvalue weighted by atomic mass is 10.2. The van der Waals surface area contributed by atoms with E-state index < -0.39 is 0 Å². The minimum Gasteiger partial charge on any atom is -0.397 e. The first kappa shape index (κ1) is 8.87. The first-order valence-corrected chi connectivity index (χ1v) is 3.90. The normalized spacial score (nSPS) is 10.3. The van der Waals surface area contributed by atoms with E-state index in [9.17, 15) is 0 Å². The number of anilines is 2. The first-order chi connectivity index (χ1) is 5.61. The van der Waals surface area contributed by atoms with E-state index in [0.717, 1.165) is 16.9 Å². The van der Waals surface area contributed by atoms with Gasteiger partial charge in [-0.3, -0.25) is 0 Å². The lowest BCUT2D eigenvalue weighted by Crippen LogP contribution is -2.20. The van der Waals surface area contributed by atoms with Gasteiger partial charge < -0.3 is 11.2 Å². The molecule has 3 heteroatoms. The summed E-state index contributed by atoms with van der Waals surface area (Å²) >= 11 is 0. The Morgan fingerprint density at radius 3 is 2.58 bits per heavy atom. The molecule has 0 aliphatic carbocycles. The van der Waals surface area contributed by atoms with Crippen LogP contribution in [0, 0.1) is 6.92 Å². The van der Waals surface area contributed by atoms with Crippen molar-refractivity contribution in [3.8, 4) is 0 Å². The van der Waals surface area contributed by atoms with E-state index in [-0.39, 0.29) is 0 Å². The zero-order valence-electron chi connectivity index (χ0n) is 7.76. The van der Waals surface area contributed by atoms with E-state index in [2.05, 4.69) is 5.43 Å². The second-order valence-corrected chi connectivity index (χ2v) is 3.04. The molecular weight excluding hydrogens is 150 g/mol. The summed E-state index contributed by atoms with van der Waals surface area (Å²) in [6.45, 7) is 2.00. The van der Waals surface area contributed by atoms with Crippen molar-refractivity contribution in [2.75, 3.05) is 25.3 Å². The summed E-state index contributed by atoms with van der Waals surface area (Å²) in [6.07, 6.45) is 0. The number of aryl methyl sites for hydroxylation is 1. The van der Waals surface area contributed by atoms with Gasteiger partial charge in [-0.1, -0.05) is 12.1 Å². The molecule has 0 radical (unpaired) electrons. The highest BCUT2D eigenvalue weighted by Gasteiger charge is 2.00. The Hall–Kier alpha value is -1.22. The van der Waals surface area contributed by atoms with Crippen LogP contribution in [0.5, 0.6) is 0 Å². The van der Waals surface area contributed by atoms with Gasteiger partial charge in [0, 0.05) is 14.1 Å². The number of benzene rings is 1. The largest absolute Gasteiger partial charge is 0.397 e. The van der Waals surface area contributed by atoms with E-state index in [1.165, 1.54) is 0 Å². The van der Waals surface area contributed by atoms with E-state index >= 15 is 0 Å². The van der Waals surface area contributed by atoms with Crippen molar-refractivity contribution in [2.45, 2.75) is 6.92 Å². The Bertz CT molecular complexity index is 268. The fourth-order valence-corrected chi connectivity index (χ4v) is 1.02. The molecule has 1 aromatic carbocycles. The van der Waals surface area contributed by atoms with Gasteiger partial charge in [0.15, 0.2) is 0 Å². The Kier molecular flexibility index (Phi) is 2.55. The Balaban J connectivity index is 2.92. The molecule has 0 heterocycles. The number of hydrazine groups is 1. The third-order valence-electron chi connectivity index (χ3n) is 1.67. The smallest absolute Gasteiger partial charge is 0.0722 e. The van der Waals surface area contributed by atoms with Gasteiger partial charge in [-0.15, -0.1) is 0 Å². The quantitative estimate of drug-likeness (QED) is 0.515. The van der Waals surface area contributed by atoms with E-state index in [4.69, 9.17) is 5.73 Å². The predicted molar refractivity (Wildman–Crippen MR) is 52.9 cm³/mol. The van der Waals surface area contributed by atoms with Crippen molar-refractivity contribution in [3.63, 3.8) is 0 Å². The van der Waals surface area contributed by atoms with Crippen molar-refractivity contribution >= 4 is 11.4 Å². The van der Waals surface area contributed by atoms with Gasteiger partial charge in [0.25, 0.3) is 0 Å². The topological polar surface area (TPSA) is 41.3 Å². The van der Waals surface area contributed by atoms with Gasteiger partial charge >= 0.3 is 0 Å². The van der Waals surface area contributed by atoms with Crippen LogP contribution in [0.1, 0.15) is 5.56 Å². The molecule has 0 aliphatic heterocycles. The van der Waals surface area contributed by atoms with E-state index in [0.29, 0.717) is 0 Å².